The molecule has 0 saturated heterocycles. The molecular formula is C16H14N6O3. The monoisotopic (exact) mass is 338 g/mol. The van der Waals surface area contributed by atoms with E-state index >= 15 is 0 Å². The molecule has 0 saturated carbocycles. The Morgan fingerprint density at radius 3 is 2.52 bits per heavy atom. The molecule has 0 fully saturated rings. The van der Waals surface area contributed by atoms with Crippen LogP contribution in [0.1, 0.15) is 15.9 Å². The fraction of sp³-hybridized carbons (Fsp3) is 0.125. The smallest absolute Gasteiger partial charge is 0.273 e. The number of carbonyl (C=O) groups excluding carboxylic acids is 1. The van der Waals surface area contributed by atoms with Crippen LogP contribution in [-0.4, -0.2) is 31.0 Å². The van der Waals surface area contributed by atoms with Gasteiger partial charge in [0.2, 0.25) is 0 Å². The fourth-order valence-electron chi connectivity index (χ4n) is 2.44. The molecule has 1 N–H and O–H groups in total. The highest BCUT2D eigenvalue weighted by Crippen LogP contribution is 2.23. The normalized spacial score (nSPS) is 10.5. The van der Waals surface area contributed by atoms with Crippen molar-refractivity contribution in [2.24, 2.45) is 7.05 Å². The standard InChI is InChI=1S/C16H14N6O3/c1-10-13(4-3-5-14(10)22(24)25)16(23)17-12-8-6-11(7-9-12)15-18-19-20-21(15)2/h3-9H,1-2H3,(H,17,23). The Kier molecular flexibility index (Phi) is 4.21. The molecule has 2 aromatic carbocycles. The van der Waals surface area contributed by atoms with Gasteiger partial charge in [-0.3, -0.25) is 14.9 Å². The Labute approximate surface area is 142 Å². The summed E-state index contributed by atoms with van der Waals surface area (Å²) in [4.78, 5) is 22.9. The summed E-state index contributed by atoms with van der Waals surface area (Å²) in [6.45, 7) is 1.55. The number of amides is 1. The molecule has 3 aromatic rings. The summed E-state index contributed by atoms with van der Waals surface area (Å²) in [5, 5.41) is 25.0. The minimum atomic E-state index is -0.504. The maximum atomic E-state index is 12.4. The summed E-state index contributed by atoms with van der Waals surface area (Å²) in [6, 6.07) is 11.4. The van der Waals surface area contributed by atoms with Crippen LogP contribution in [-0.2, 0) is 7.05 Å². The van der Waals surface area contributed by atoms with Crippen molar-refractivity contribution in [3.8, 4) is 11.4 Å². The van der Waals surface area contributed by atoms with Gasteiger partial charge in [-0.25, -0.2) is 4.68 Å². The van der Waals surface area contributed by atoms with E-state index in [0.717, 1.165) is 5.56 Å². The van der Waals surface area contributed by atoms with Crippen LogP contribution in [0, 0.1) is 17.0 Å². The van der Waals surface area contributed by atoms with Crippen molar-refractivity contribution in [1.82, 2.24) is 20.2 Å². The Hall–Kier alpha value is -3.62. The summed E-state index contributed by atoms with van der Waals surface area (Å²) in [5.74, 6) is 0.196. The predicted molar refractivity (Wildman–Crippen MR) is 90.0 cm³/mol. The molecule has 1 heterocycles. The van der Waals surface area contributed by atoms with Crippen molar-refractivity contribution < 1.29 is 9.72 Å². The summed E-state index contributed by atoms with van der Waals surface area (Å²) in [7, 11) is 1.73. The molecule has 25 heavy (non-hydrogen) atoms. The second-order valence-corrected chi connectivity index (χ2v) is 5.36. The van der Waals surface area contributed by atoms with Crippen molar-refractivity contribution in [2.45, 2.75) is 6.92 Å². The molecule has 0 atom stereocenters. The molecule has 0 bridgehead atoms. The van der Waals surface area contributed by atoms with E-state index in [1.165, 1.54) is 12.1 Å². The highest BCUT2D eigenvalue weighted by molar-refractivity contribution is 6.05. The van der Waals surface area contributed by atoms with Crippen molar-refractivity contribution in [3.63, 3.8) is 0 Å². The van der Waals surface area contributed by atoms with Gasteiger partial charge in [0, 0.05) is 35.5 Å². The summed E-state index contributed by atoms with van der Waals surface area (Å²) < 4.78 is 1.54. The Morgan fingerprint density at radius 2 is 1.92 bits per heavy atom. The molecule has 0 aliphatic heterocycles. The van der Waals surface area contributed by atoms with E-state index in [2.05, 4.69) is 20.8 Å². The minimum absolute atomic E-state index is 0.0854. The van der Waals surface area contributed by atoms with Gasteiger partial charge >= 0.3 is 0 Å². The number of carbonyl (C=O) groups is 1. The number of aromatic nitrogens is 4. The van der Waals surface area contributed by atoms with Crippen molar-refractivity contribution in [2.75, 3.05) is 5.32 Å². The second-order valence-electron chi connectivity index (χ2n) is 5.36. The van der Waals surface area contributed by atoms with Gasteiger partial charge < -0.3 is 5.32 Å². The zero-order chi connectivity index (χ0) is 18.0. The van der Waals surface area contributed by atoms with Crippen LogP contribution >= 0.6 is 0 Å². The topological polar surface area (TPSA) is 116 Å². The molecule has 0 aliphatic carbocycles. The largest absolute Gasteiger partial charge is 0.322 e. The summed E-state index contributed by atoms with van der Waals surface area (Å²) in [5.41, 5.74) is 1.87. The fourth-order valence-corrected chi connectivity index (χ4v) is 2.44. The SMILES string of the molecule is Cc1c(C(=O)Nc2ccc(-c3nnnn3C)cc2)cccc1[N+](=O)[O-]. The second kappa shape index (κ2) is 6.48. The Balaban J connectivity index is 1.81. The van der Waals surface area contributed by atoms with E-state index in [1.54, 1.807) is 49.0 Å². The van der Waals surface area contributed by atoms with Gasteiger partial charge in [0.25, 0.3) is 11.6 Å². The van der Waals surface area contributed by atoms with Crippen LogP contribution in [0.5, 0.6) is 0 Å². The van der Waals surface area contributed by atoms with E-state index in [9.17, 15) is 14.9 Å². The number of aryl methyl sites for hydroxylation is 1. The van der Waals surface area contributed by atoms with Gasteiger partial charge in [-0.1, -0.05) is 6.07 Å². The average molecular weight is 338 g/mol. The highest BCUT2D eigenvalue weighted by atomic mass is 16.6. The molecule has 0 aliphatic rings. The predicted octanol–water partition coefficient (Wildman–Crippen LogP) is 2.35. The minimum Gasteiger partial charge on any atom is -0.322 e. The molecular weight excluding hydrogens is 324 g/mol. The number of rotatable bonds is 4. The number of hydrogen-bond donors (Lipinski definition) is 1. The first-order chi connectivity index (χ1) is 12.0. The van der Waals surface area contributed by atoms with Crippen LogP contribution in [0.2, 0.25) is 0 Å². The molecule has 0 radical (unpaired) electrons. The zero-order valence-corrected chi connectivity index (χ0v) is 13.5. The van der Waals surface area contributed by atoms with Crippen LogP contribution in [0.3, 0.4) is 0 Å². The van der Waals surface area contributed by atoms with Gasteiger partial charge in [0.05, 0.1) is 4.92 Å². The molecule has 9 heteroatoms. The number of nitrogens with one attached hydrogen (secondary N) is 1. The molecule has 9 nitrogen and oxygen atoms in total. The third-order valence-electron chi connectivity index (χ3n) is 3.77. The third-order valence-corrected chi connectivity index (χ3v) is 3.77. The number of anilines is 1. The van der Waals surface area contributed by atoms with E-state index in [1.807, 2.05) is 0 Å². The first-order valence-electron chi connectivity index (χ1n) is 7.35. The number of nitrogens with zero attached hydrogens (tertiary/aromatic N) is 5. The van der Waals surface area contributed by atoms with Gasteiger partial charge in [-0.15, -0.1) is 5.10 Å². The van der Waals surface area contributed by atoms with Gasteiger partial charge in [0.15, 0.2) is 5.82 Å². The Morgan fingerprint density at radius 1 is 1.20 bits per heavy atom. The number of nitro benzene ring substituents is 1. The summed E-state index contributed by atoms with van der Waals surface area (Å²) in [6.07, 6.45) is 0. The van der Waals surface area contributed by atoms with Crippen molar-refractivity contribution >= 4 is 17.3 Å². The summed E-state index contributed by atoms with van der Waals surface area (Å²) >= 11 is 0. The van der Waals surface area contributed by atoms with Crippen molar-refractivity contribution in [3.05, 3.63) is 63.7 Å². The maximum Gasteiger partial charge on any atom is 0.273 e. The average Bonchev–Trinajstić information content (AvgIpc) is 3.01. The lowest BCUT2D eigenvalue weighted by Gasteiger charge is -2.08. The molecule has 1 aromatic heterocycles. The third kappa shape index (κ3) is 3.20. The van der Waals surface area contributed by atoms with Gasteiger partial charge in [-0.2, -0.15) is 0 Å². The van der Waals surface area contributed by atoms with E-state index < -0.39 is 10.8 Å². The van der Waals surface area contributed by atoms with E-state index in [0.29, 0.717) is 17.1 Å². The lowest BCUT2D eigenvalue weighted by atomic mass is 10.1. The van der Waals surface area contributed by atoms with Gasteiger partial charge in [-0.05, 0) is 47.7 Å². The van der Waals surface area contributed by atoms with Crippen LogP contribution in [0.4, 0.5) is 11.4 Å². The Bertz CT molecular complexity index is 949. The molecule has 0 spiro atoms. The number of nitro groups is 1. The van der Waals surface area contributed by atoms with E-state index in [-0.39, 0.29) is 11.3 Å². The molecule has 3 rings (SSSR count). The first kappa shape index (κ1) is 16.2. The quantitative estimate of drug-likeness (QED) is 0.576. The number of benzene rings is 2. The van der Waals surface area contributed by atoms with Crippen molar-refractivity contribution in [1.29, 1.82) is 0 Å². The molecule has 0 unspecified atom stereocenters. The van der Waals surface area contributed by atoms with Crippen LogP contribution < -0.4 is 5.32 Å². The lowest BCUT2D eigenvalue weighted by Crippen LogP contribution is -2.14. The highest BCUT2D eigenvalue weighted by Gasteiger charge is 2.18. The first-order valence-corrected chi connectivity index (χ1v) is 7.35. The maximum absolute atomic E-state index is 12.4. The molecule has 1 amide bonds. The van der Waals surface area contributed by atoms with E-state index in [4.69, 9.17) is 0 Å². The van der Waals surface area contributed by atoms with Crippen LogP contribution in [0.15, 0.2) is 42.5 Å². The lowest BCUT2D eigenvalue weighted by molar-refractivity contribution is -0.385. The van der Waals surface area contributed by atoms with Gasteiger partial charge in [0.1, 0.15) is 0 Å². The number of tetrazole rings is 1. The van der Waals surface area contributed by atoms with Crippen LogP contribution in [0.25, 0.3) is 11.4 Å². The number of hydrogen-bond acceptors (Lipinski definition) is 6. The molecule has 126 valence electrons. The zero-order valence-electron chi connectivity index (χ0n) is 13.5.